The molecule has 1 radical (unpaired) electrons. The van der Waals surface area contributed by atoms with Gasteiger partial charge in [0, 0.05) is 0 Å². The van der Waals surface area contributed by atoms with Crippen molar-refractivity contribution in [3.05, 3.63) is 5.92 Å². The molecule has 17 heavy (non-hydrogen) atoms. The van der Waals surface area contributed by atoms with E-state index in [1.54, 1.807) is 0 Å². The first-order valence-corrected chi connectivity index (χ1v) is 7.89. The molecule has 2 fully saturated rings. The van der Waals surface area contributed by atoms with E-state index in [-0.39, 0.29) is 0 Å². The van der Waals surface area contributed by atoms with Crippen molar-refractivity contribution in [1.82, 2.24) is 0 Å². The molecule has 0 aliphatic heterocycles. The monoisotopic (exact) mass is 235 g/mol. The summed E-state index contributed by atoms with van der Waals surface area (Å²) >= 11 is 0. The van der Waals surface area contributed by atoms with Gasteiger partial charge in [-0.1, -0.05) is 40.5 Å². The molecule has 0 aromatic carbocycles. The average molecular weight is 235 g/mol. The molecule has 0 N–H and O–H groups in total. The topological polar surface area (TPSA) is 0 Å². The summed E-state index contributed by atoms with van der Waals surface area (Å²) in [5, 5.41) is 0. The number of hydrogen-bond donors (Lipinski definition) is 0. The zero-order chi connectivity index (χ0) is 12.4. The van der Waals surface area contributed by atoms with Crippen molar-refractivity contribution in [3.63, 3.8) is 0 Å². The van der Waals surface area contributed by atoms with Gasteiger partial charge in [0.15, 0.2) is 0 Å². The molecule has 0 nitrogen and oxygen atoms in total. The summed E-state index contributed by atoms with van der Waals surface area (Å²) in [4.78, 5) is 0. The minimum absolute atomic E-state index is 0.947. The Labute approximate surface area is 109 Å². The first kappa shape index (κ1) is 13.4. The Morgan fingerprint density at radius 1 is 0.882 bits per heavy atom. The van der Waals surface area contributed by atoms with Crippen LogP contribution in [-0.4, -0.2) is 0 Å². The number of rotatable bonds is 2. The zero-order valence-electron chi connectivity index (χ0n) is 12.3. The molecule has 2 aliphatic rings. The second kappa shape index (κ2) is 5.76. The fraction of sp³-hybridized carbons (Fsp3) is 0.941. The van der Waals surface area contributed by atoms with E-state index in [1.165, 1.54) is 44.9 Å². The third kappa shape index (κ3) is 3.48. The van der Waals surface area contributed by atoms with Gasteiger partial charge in [-0.15, -0.1) is 0 Å². The molecule has 0 heterocycles. The Kier molecular flexibility index (Phi) is 4.55. The fourth-order valence-electron chi connectivity index (χ4n) is 4.09. The highest BCUT2D eigenvalue weighted by Gasteiger charge is 2.32. The zero-order valence-corrected chi connectivity index (χ0v) is 12.3. The van der Waals surface area contributed by atoms with Crippen molar-refractivity contribution in [2.75, 3.05) is 0 Å². The molecule has 2 unspecified atom stereocenters. The maximum atomic E-state index is 2.47. The van der Waals surface area contributed by atoms with Crippen molar-refractivity contribution >= 4 is 0 Å². The standard InChI is InChI=1S/C17H31/c1-12-5-7-16(8-6-12)11-17-9-13(2)15(4)14(3)10-17/h12-15,17H,5-11H2,1-4H3. The maximum absolute atomic E-state index is 2.47. The SMILES string of the molecule is CC1CC[C](CC2CC(C)C(C)C(C)C2)CC1. The van der Waals surface area contributed by atoms with E-state index < -0.39 is 0 Å². The Bertz CT molecular complexity index is 212. The van der Waals surface area contributed by atoms with Crippen LogP contribution in [0, 0.1) is 35.5 Å². The van der Waals surface area contributed by atoms with Crippen LogP contribution < -0.4 is 0 Å². The Morgan fingerprint density at radius 2 is 1.41 bits per heavy atom. The molecule has 2 rings (SSSR count). The summed E-state index contributed by atoms with van der Waals surface area (Å²) in [6, 6.07) is 0. The Morgan fingerprint density at radius 3 is 1.94 bits per heavy atom. The number of hydrogen-bond acceptors (Lipinski definition) is 0. The highest BCUT2D eigenvalue weighted by atomic mass is 14.4. The predicted octanol–water partition coefficient (Wildman–Crippen LogP) is 5.48. The van der Waals surface area contributed by atoms with Crippen LogP contribution in [0.2, 0.25) is 0 Å². The van der Waals surface area contributed by atoms with Crippen LogP contribution in [-0.2, 0) is 0 Å². The molecule has 2 atom stereocenters. The van der Waals surface area contributed by atoms with E-state index in [9.17, 15) is 0 Å². The second-order valence-electron chi connectivity index (χ2n) is 7.29. The van der Waals surface area contributed by atoms with Crippen molar-refractivity contribution in [1.29, 1.82) is 0 Å². The molecule has 0 heteroatoms. The maximum Gasteiger partial charge on any atom is -0.0238 e. The summed E-state index contributed by atoms with van der Waals surface area (Å²) in [5.41, 5.74) is 0. The quantitative estimate of drug-likeness (QED) is 0.594. The first-order chi connectivity index (χ1) is 8.06. The van der Waals surface area contributed by atoms with Gasteiger partial charge in [0.25, 0.3) is 0 Å². The fourth-order valence-corrected chi connectivity index (χ4v) is 4.09. The van der Waals surface area contributed by atoms with Crippen LogP contribution >= 0.6 is 0 Å². The van der Waals surface area contributed by atoms with Gasteiger partial charge < -0.3 is 0 Å². The smallest absolute Gasteiger partial charge is 0.0238 e. The van der Waals surface area contributed by atoms with E-state index >= 15 is 0 Å². The molecular weight excluding hydrogens is 204 g/mol. The lowest BCUT2D eigenvalue weighted by molar-refractivity contribution is 0.134. The van der Waals surface area contributed by atoms with Crippen molar-refractivity contribution in [2.45, 2.75) is 72.6 Å². The molecule has 0 amide bonds. The summed E-state index contributed by atoms with van der Waals surface area (Å²) in [5.74, 6) is 6.76. The van der Waals surface area contributed by atoms with Gasteiger partial charge in [-0.2, -0.15) is 0 Å². The van der Waals surface area contributed by atoms with E-state index in [0.717, 1.165) is 29.6 Å². The highest BCUT2D eigenvalue weighted by Crippen LogP contribution is 2.43. The molecule has 0 aromatic heterocycles. The molecule has 2 aliphatic carbocycles. The normalized spacial score (nSPS) is 41.6. The highest BCUT2D eigenvalue weighted by molar-refractivity contribution is 4.97. The van der Waals surface area contributed by atoms with E-state index in [1.807, 2.05) is 5.92 Å². The summed E-state index contributed by atoms with van der Waals surface area (Å²) in [6.45, 7) is 9.83. The van der Waals surface area contributed by atoms with E-state index in [2.05, 4.69) is 27.7 Å². The lowest BCUT2D eigenvalue weighted by atomic mass is 9.66. The Balaban J connectivity index is 1.79. The van der Waals surface area contributed by atoms with Crippen LogP contribution in [0.15, 0.2) is 0 Å². The summed E-state index contributed by atoms with van der Waals surface area (Å²) in [6.07, 6.45) is 10.3. The first-order valence-electron chi connectivity index (χ1n) is 7.89. The molecule has 0 saturated heterocycles. The van der Waals surface area contributed by atoms with Crippen LogP contribution in [0.25, 0.3) is 0 Å². The van der Waals surface area contributed by atoms with Gasteiger partial charge in [-0.3, -0.25) is 0 Å². The van der Waals surface area contributed by atoms with Crippen molar-refractivity contribution in [3.8, 4) is 0 Å². The average Bonchev–Trinajstić information content (AvgIpc) is 2.29. The van der Waals surface area contributed by atoms with Gasteiger partial charge in [0.05, 0.1) is 0 Å². The van der Waals surface area contributed by atoms with Crippen LogP contribution in [0.1, 0.15) is 72.6 Å². The molecular formula is C17H31. The van der Waals surface area contributed by atoms with Gasteiger partial charge in [0.2, 0.25) is 0 Å². The molecule has 0 bridgehead atoms. The van der Waals surface area contributed by atoms with Crippen molar-refractivity contribution < 1.29 is 0 Å². The second-order valence-corrected chi connectivity index (χ2v) is 7.29. The van der Waals surface area contributed by atoms with Gasteiger partial charge >= 0.3 is 0 Å². The van der Waals surface area contributed by atoms with E-state index in [4.69, 9.17) is 0 Å². The lowest BCUT2D eigenvalue weighted by Gasteiger charge is -2.39. The molecule has 0 aromatic rings. The molecule has 99 valence electrons. The van der Waals surface area contributed by atoms with Gasteiger partial charge in [-0.25, -0.2) is 0 Å². The lowest BCUT2D eigenvalue weighted by Crippen LogP contribution is -2.29. The third-order valence-electron chi connectivity index (χ3n) is 5.76. The van der Waals surface area contributed by atoms with Gasteiger partial charge in [0.1, 0.15) is 0 Å². The predicted molar refractivity (Wildman–Crippen MR) is 75.7 cm³/mol. The third-order valence-corrected chi connectivity index (χ3v) is 5.76. The molecule has 2 saturated carbocycles. The Hall–Kier alpha value is 0. The summed E-state index contributed by atoms with van der Waals surface area (Å²) in [7, 11) is 0. The molecule has 0 spiro atoms. The minimum Gasteiger partial charge on any atom is -0.0625 e. The van der Waals surface area contributed by atoms with Crippen molar-refractivity contribution in [2.24, 2.45) is 29.6 Å². The minimum atomic E-state index is 0.947. The van der Waals surface area contributed by atoms with Crippen LogP contribution in [0.4, 0.5) is 0 Å². The summed E-state index contributed by atoms with van der Waals surface area (Å²) < 4.78 is 0. The van der Waals surface area contributed by atoms with Crippen LogP contribution in [0.5, 0.6) is 0 Å². The largest absolute Gasteiger partial charge is 0.0625 e. The van der Waals surface area contributed by atoms with Crippen LogP contribution in [0.3, 0.4) is 0 Å². The van der Waals surface area contributed by atoms with E-state index in [0.29, 0.717) is 0 Å². The van der Waals surface area contributed by atoms with Gasteiger partial charge in [-0.05, 0) is 67.6 Å².